The third-order valence-electron chi connectivity index (χ3n) is 5.37. The lowest BCUT2D eigenvalue weighted by Gasteiger charge is -2.27. The Hall–Kier alpha value is -2.80. The van der Waals surface area contributed by atoms with Crippen LogP contribution >= 0.6 is 9.39 Å². The molecular weight excluding hydrogens is 487 g/mol. The minimum atomic E-state index is -0.833. The minimum Gasteiger partial charge on any atom is -0.481 e. The zero-order valence-electron chi connectivity index (χ0n) is 23.2. The van der Waals surface area contributed by atoms with Gasteiger partial charge in [-0.2, -0.15) is 0 Å². The van der Waals surface area contributed by atoms with Crippen LogP contribution in [-0.2, 0) is 40.3 Å². The SMILES string of the molecule is CC(=O)N(C)C.CC(=O)N1CCc2ccccc2C1.CC(=O)O.CCN.PN1CCc2ccccc2C1. The molecule has 206 valence electrons. The second kappa shape index (κ2) is 19.3. The summed E-state index contributed by atoms with van der Waals surface area (Å²) in [6, 6.07) is 17.0. The van der Waals surface area contributed by atoms with E-state index in [1.807, 2.05) is 17.9 Å². The summed E-state index contributed by atoms with van der Waals surface area (Å²) in [6.07, 6.45) is 2.19. The molecule has 2 aromatic rings. The summed E-state index contributed by atoms with van der Waals surface area (Å²) >= 11 is 0. The topological polar surface area (TPSA) is 107 Å². The number of amides is 2. The highest BCUT2D eigenvalue weighted by Crippen LogP contribution is 2.20. The number of hydrogen-bond acceptors (Lipinski definition) is 5. The summed E-state index contributed by atoms with van der Waals surface area (Å²) in [7, 11) is 6.21. The maximum absolute atomic E-state index is 11.1. The molecule has 2 aliphatic rings. The molecule has 0 bridgehead atoms. The molecule has 0 aliphatic carbocycles. The smallest absolute Gasteiger partial charge is 0.300 e. The molecule has 0 aromatic heterocycles. The largest absolute Gasteiger partial charge is 0.481 e. The minimum absolute atomic E-state index is 0.0926. The Labute approximate surface area is 225 Å². The summed E-state index contributed by atoms with van der Waals surface area (Å²) in [5, 5.41) is 7.42. The van der Waals surface area contributed by atoms with Crippen LogP contribution in [0.1, 0.15) is 49.9 Å². The van der Waals surface area contributed by atoms with E-state index in [2.05, 4.69) is 56.5 Å². The molecular formula is C28H45N4O4P. The highest BCUT2D eigenvalue weighted by Gasteiger charge is 2.16. The van der Waals surface area contributed by atoms with Crippen LogP contribution in [-0.4, -0.2) is 71.1 Å². The van der Waals surface area contributed by atoms with Gasteiger partial charge in [-0.25, -0.2) is 0 Å². The standard InChI is InChI=1S/C11H13NO.C9H12NP.C4H9NO.C2H7N.C2H4O2/c1-9(13)12-7-6-10-4-2-3-5-11(10)8-12;11-10-6-5-8-3-1-2-4-9(8)7-10;1-4(6)5(2)3;1-2-3;1-2(3)4/h2-5H,6-8H2,1H3;1-4H,5-7,11H2;1-3H3;2-3H2,1H3;1H3,(H,3,4). The Balaban J connectivity index is 0.000000488. The second-order valence-corrected chi connectivity index (χ2v) is 9.52. The number of fused-ring (bicyclic) bond motifs is 2. The quantitative estimate of drug-likeness (QED) is 0.503. The molecule has 2 aromatic carbocycles. The van der Waals surface area contributed by atoms with Gasteiger partial charge in [-0.3, -0.25) is 19.1 Å². The third kappa shape index (κ3) is 15.8. The van der Waals surface area contributed by atoms with Gasteiger partial charge in [-0.15, -0.1) is 0 Å². The second-order valence-electron chi connectivity index (χ2n) is 8.79. The number of carboxylic acids is 1. The fourth-order valence-corrected chi connectivity index (χ4v) is 3.61. The number of hydrogen-bond donors (Lipinski definition) is 2. The van der Waals surface area contributed by atoms with Gasteiger partial charge in [0.2, 0.25) is 11.8 Å². The fourth-order valence-electron chi connectivity index (χ4n) is 3.28. The molecule has 1 unspecified atom stereocenters. The Kier molecular flexibility index (Phi) is 17.9. The molecule has 2 aliphatic heterocycles. The van der Waals surface area contributed by atoms with E-state index in [4.69, 9.17) is 15.6 Å². The summed E-state index contributed by atoms with van der Waals surface area (Å²) in [6.45, 7) is 10.8. The Bertz CT molecular complexity index is 965. The lowest BCUT2D eigenvalue weighted by Crippen LogP contribution is -2.34. The molecule has 2 amide bonds. The number of aliphatic carboxylic acids is 1. The molecule has 1 atom stereocenters. The van der Waals surface area contributed by atoms with Crippen molar-refractivity contribution in [2.75, 3.05) is 33.7 Å². The molecule has 8 nitrogen and oxygen atoms in total. The lowest BCUT2D eigenvalue weighted by molar-refractivity contribution is -0.134. The van der Waals surface area contributed by atoms with Gasteiger partial charge in [0.05, 0.1) is 0 Å². The van der Waals surface area contributed by atoms with Crippen LogP contribution in [0.2, 0.25) is 0 Å². The molecule has 0 saturated carbocycles. The first-order valence-electron chi connectivity index (χ1n) is 12.4. The van der Waals surface area contributed by atoms with Crippen molar-refractivity contribution in [1.29, 1.82) is 0 Å². The van der Waals surface area contributed by atoms with Crippen LogP contribution in [0, 0.1) is 0 Å². The zero-order chi connectivity index (χ0) is 28.4. The van der Waals surface area contributed by atoms with Gasteiger partial charge in [-0.1, -0.05) is 64.8 Å². The Morgan fingerprint density at radius 1 is 0.865 bits per heavy atom. The normalized spacial score (nSPS) is 13.1. The van der Waals surface area contributed by atoms with Gasteiger partial charge >= 0.3 is 0 Å². The van der Waals surface area contributed by atoms with Crippen molar-refractivity contribution >= 4 is 27.2 Å². The summed E-state index contributed by atoms with van der Waals surface area (Å²) in [4.78, 5) is 33.6. The van der Waals surface area contributed by atoms with Crippen LogP contribution in [0.25, 0.3) is 0 Å². The Morgan fingerprint density at radius 2 is 1.22 bits per heavy atom. The zero-order valence-corrected chi connectivity index (χ0v) is 24.4. The molecule has 3 N–H and O–H groups in total. The first-order valence-corrected chi connectivity index (χ1v) is 12.9. The van der Waals surface area contributed by atoms with E-state index in [9.17, 15) is 9.59 Å². The van der Waals surface area contributed by atoms with Crippen LogP contribution < -0.4 is 5.73 Å². The van der Waals surface area contributed by atoms with Crippen LogP contribution in [0.4, 0.5) is 0 Å². The highest BCUT2D eigenvalue weighted by molar-refractivity contribution is 7.13. The van der Waals surface area contributed by atoms with Crippen molar-refractivity contribution < 1.29 is 19.5 Å². The number of rotatable bonds is 0. The van der Waals surface area contributed by atoms with Gasteiger partial charge in [-0.05, 0) is 41.6 Å². The monoisotopic (exact) mass is 532 g/mol. The molecule has 37 heavy (non-hydrogen) atoms. The average molecular weight is 533 g/mol. The fraction of sp³-hybridized carbons (Fsp3) is 0.464. The van der Waals surface area contributed by atoms with Crippen LogP contribution in [0.5, 0.6) is 0 Å². The van der Waals surface area contributed by atoms with Gasteiger partial charge in [0.15, 0.2) is 0 Å². The number of nitrogens with two attached hydrogens (primary N) is 1. The number of benzene rings is 2. The molecule has 0 spiro atoms. The van der Waals surface area contributed by atoms with Crippen molar-refractivity contribution in [1.82, 2.24) is 14.5 Å². The van der Waals surface area contributed by atoms with Crippen LogP contribution in [0.15, 0.2) is 48.5 Å². The number of carboxylic acid groups (broad SMARTS) is 1. The van der Waals surface area contributed by atoms with E-state index in [1.54, 1.807) is 21.0 Å². The average Bonchev–Trinajstić information content (AvgIpc) is 2.84. The molecule has 0 radical (unpaired) electrons. The number of carbonyl (C=O) groups excluding carboxylic acids is 2. The van der Waals surface area contributed by atoms with Crippen molar-refractivity contribution in [2.24, 2.45) is 5.73 Å². The van der Waals surface area contributed by atoms with Gasteiger partial charge < -0.3 is 20.6 Å². The van der Waals surface area contributed by atoms with Crippen LogP contribution in [0.3, 0.4) is 0 Å². The van der Waals surface area contributed by atoms with Gasteiger partial charge in [0.25, 0.3) is 5.97 Å². The third-order valence-corrected chi connectivity index (χ3v) is 5.81. The maximum Gasteiger partial charge on any atom is 0.300 e. The van der Waals surface area contributed by atoms with E-state index >= 15 is 0 Å². The van der Waals surface area contributed by atoms with E-state index in [0.29, 0.717) is 0 Å². The Morgan fingerprint density at radius 3 is 1.59 bits per heavy atom. The number of carbonyl (C=O) groups is 3. The molecule has 9 heteroatoms. The predicted molar refractivity (Wildman–Crippen MR) is 154 cm³/mol. The van der Waals surface area contributed by atoms with E-state index in [1.165, 1.54) is 47.0 Å². The van der Waals surface area contributed by atoms with Crippen molar-refractivity contribution in [3.63, 3.8) is 0 Å². The summed E-state index contributed by atoms with van der Waals surface area (Å²) in [5.41, 5.74) is 10.5. The lowest BCUT2D eigenvalue weighted by atomic mass is 10.00. The predicted octanol–water partition coefficient (Wildman–Crippen LogP) is 3.58. The van der Waals surface area contributed by atoms with Gasteiger partial charge in [0, 0.05) is 61.0 Å². The molecule has 2 heterocycles. The maximum atomic E-state index is 11.1. The van der Waals surface area contributed by atoms with E-state index in [0.717, 1.165) is 39.5 Å². The van der Waals surface area contributed by atoms with E-state index < -0.39 is 5.97 Å². The summed E-state index contributed by atoms with van der Waals surface area (Å²) < 4.78 is 2.28. The molecule has 0 fully saturated rings. The summed E-state index contributed by atoms with van der Waals surface area (Å²) in [5.74, 6) is -0.565. The van der Waals surface area contributed by atoms with E-state index in [-0.39, 0.29) is 11.8 Å². The highest BCUT2D eigenvalue weighted by atomic mass is 31.0. The van der Waals surface area contributed by atoms with Gasteiger partial charge in [0.1, 0.15) is 0 Å². The van der Waals surface area contributed by atoms with Crippen molar-refractivity contribution in [3.05, 3.63) is 70.8 Å². The van der Waals surface area contributed by atoms with Crippen molar-refractivity contribution in [3.8, 4) is 0 Å². The first-order chi connectivity index (χ1) is 17.4. The molecule has 0 saturated heterocycles. The molecule has 4 rings (SSSR count). The number of nitrogens with zero attached hydrogens (tertiary/aromatic N) is 3. The van der Waals surface area contributed by atoms with Crippen molar-refractivity contribution in [2.45, 2.75) is 53.6 Å². The first kappa shape index (κ1) is 34.2.